The van der Waals surface area contributed by atoms with E-state index in [0.29, 0.717) is 5.56 Å². The SMILES string of the molecule is CC(c1ccc(F)c(F)c1)N(C)C(=O)C(C)(C)N. The molecule has 18 heavy (non-hydrogen) atoms. The van der Waals surface area contributed by atoms with E-state index < -0.39 is 17.2 Å². The number of nitrogens with two attached hydrogens (primary N) is 1. The largest absolute Gasteiger partial charge is 0.337 e. The predicted octanol–water partition coefficient (Wildman–Crippen LogP) is 2.22. The van der Waals surface area contributed by atoms with E-state index in [1.54, 1.807) is 27.8 Å². The summed E-state index contributed by atoms with van der Waals surface area (Å²) in [4.78, 5) is 13.4. The van der Waals surface area contributed by atoms with E-state index in [-0.39, 0.29) is 11.9 Å². The highest BCUT2D eigenvalue weighted by atomic mass is 19.2. The van der Waals surface area contributed by atoms with Crippen LogP contribution in [0.25, 0.3) is 0 Å². The van der Waals surface area contributed by atoms with Gasteiger partial charge in [-0.1, -0.05) is 6.07 Å². The van der Waals surface area contributed by atoms with Crippen LogP contribution in [-0.2, 0) is 4.79 Å². The molecule has 0 spiro atoms. The number of nitrogens with zero attached hydrogens (tertiary/aromatic N) is 1. The molecule has 1 aromatic rings. The standard InChI is InChI=1S/C13H18F2N2O/c1-8(17(4)12(18)13(2,3)16)9-5-6-10(14)11(15)7-9/h5-8H,16H2,1-4H3. The van der Waals surface area contributed by atoms with Gasteiger partial charge in [-0.3, -0.25) is 4.79 Å². The molecule has 2 N–H and O–H groups in total. The molecule has 0 bridgehead atoms. The Morgan fingerprint density at radius 3 is 2.33 bits per heavy atom. The van der Waals surface area contributed by atoms with E-state index in [1.165, 1.54) is 11.0 Å². The Morgan fingerprint density at radius 2 is 1.89 bits per heavy atom. The molecule has 0 aliphatic heterocycles. The molecule has 1 amide bonds. The number of hydrogen-bond donors (Lipinski definition) is 1. The van der Waals surface area contributed by atoms with Crippen molar-refractivity contribution in [1.29, 1.82) is 0 Å². The minimum atomic E-state index is -0.998. The van der Waals surface area contributed by atoms with Crippen molar-refractivity contribution in [1.82, 2.24) is 4.90 Å². The number of likely N-dealkylation sites (N-methyl/N-ethyl adjacent to an activating group) is 1. The fourth-order valence-corrected chi connectivity index (χ4v) is 1.63. The Balaban J connectivity index is 2.96. The first-order chi connectivity index (χ1) is 8.14. The topological polar surface area (TPSA) is 46.3 Å². The third-order valence-corrected chi connectivity index (χ3v) is 2.88. The summed E-state index contributed by atoms with van der Waals surface area (Å²) < 4.78 is 26.0. The fourth-order valence-electron chi connectivity index (χ4n) is 1.63. The Labute approximate surface area is 106 Å². The molecule has 0 fully saturated rings. The van der Waals surface area contributed by atoms with E-state index in [9.17, 15) is 13.6 Å². The minimum Gasteiger partial charge on any atom is -0.337 e. The summed E-state index contributed by atoms with van der Waals surface area (Å²) in [5.74, 6) is -2.09. The zero-order chi connectivity index (χ0) is 14.1. The molecule has 5 heteroatoms. The number of carbonyl (C=O) groups excluding carboxylic acids is 1. The van der Waals surface area contributed by atoms with Gasteiger partial charge in [-0.2, -0.15) is 0 Å². The van der Waals surface area contributed by atoms with Crippen LogP contribution >= 0.6 is 0 Å². The van der Waals surface area contributed by atoms with Gasteiger partial charge >= 0.3 is 0 Å². The van der Waals surface area contributed by atoms with Gasteiger partial charge in [-0.05, 0) is 38.5 Å². The number of hydrogen-bond acceptors (Lipinski definition) is 2. The molecule has 0 aromatic heterocycles. The van der Waals surface area contributed by atoms with Crippen LogP contribution in [0.15, 0.2) is 18.2 Å². The van der Waals surface area contributed by atoms with Crippen molar-refractivity contribution < 1.29 is 13.6 Å². The Kier molecular flexibility index (Phi) is 4.06. The average Bonchev–Trinajstić information content (AvgIpc) is 2.28. The monoisotopic (exact) mass is 256 g/mol. The lowest BCUT2D eigenvalue weighted by molar-refractivity contribution is -0.136. The van der Waals surface area contributed by atoms with Gasteiger partial charge in [-0.25, -0.2) is 8.78 Å². The van der Waals surface area contributed by atoms with Crippen molar-refractivity contribution in [2.45, 2.75) is 32.4 Å². The van der Waals surface area contributed by atoms with Gasteiger partial charge in [0.1, 0.15) is 0 Å². The highest BCUT2D eigenvalue weighted by Crippen LogP contribution is 2.22. The summed E-state index contributed by atoms with van der Waals surface area (Å²) in [7, 11) is 1.59. The van der Waals surface area contributed by atoms with Crippen LogP contribution in [0.5, 0.6) is 0 Å². The van der Waals surface area contributed by atoms with Crippen molar-refractivity contribution in [2.75, 3.05) is 7.05 Å². The number of carbonyl (C=O) groups is 1. The van der Waals surface area contributed by atoms with Crippen LogP contribution in [0.3, 0.4) is 0 Å². The van der Waals surface area contributed by atoms with Gasteiger partial charge in [0.15, 0.2) is 11.6 Å². The summed E-state index contributed by atoms with van der Waals surface area (Å²) in [5.41, 5.74) is 5.25. The highest BCUT2D eigenvalue weighted by Gasteiger charge is 2.29. The molecule has 100 valence electrons. The maximum Gasteiger partial charge on any atom is 0.242 e. The molecule has 0 aliphatic rings. The van der Waals surface area contributed by atoms with Gasteiger partial charge in [0.25, 0.3) is 0 Å². The molecule has 1 aromatic carbocycles. The van der Waals surface area contributed by atoms with Gasteiger partial charge in [0.2, 0.25) is 5.91 Å². The maximum absolute atomic E-state index is 13.1. The average molecular weight is 256 g/mol. The van der Waals surface area contributed by atoms with Crippen LogP contribution in [0, 0.1) is 11.6 Å². The minimum absolute atomic E-state index is 0.264. The lowest BCUT2D eigenvalue weighted by atomic mass is 10.0. The third kappa shape index (κ3) is 3.04. The Bertz CT molecular complexity index is 455. The zero-order valence-electron chi connectivity index (χ0n) is 11.0. The maximum atomic E-state index is 13.1. The van der Waals surface area contributed by atoms with E-state index in [4.69, 9.17) is 5.73 Å². The van der Waals surface area contributed by atoms with Crippen molar-refractivity contribution in [3.05, 3.63) is 35.4 Å². The number of benzene rings is 1. The molecule has 0 saturated carbocycles. The van der Waals surface area contributed by atoms with Crippen LogP contribution in [0.1, 0.15) is 32.4 Å². The molecule has 0 aliphatic carbocycles. The quantitative estimate of drug-likeness (QED) is 0.901. The normalized spacial score (nSPS) is 13.3. The predicted molar refractivity (Wildman–Crippen MR) is 65.8 cm³/mol. The summed E-state index contributed by atoms with van der Waals surface area (Å²) in [5, 5.41) is 0. The van der Waals surface area contributed by atoms with Crippen molar-refractivity contribution in [3.63, 3.8) is 0 Å². The van der Waals surface area contributed by atoms with E-state index in [1.807, 2.05) is 0 Å². The first kappa shape index (κ1) is 14.6. The first-order valence-electron chi connectivity index (χ1n) is 5.65. The molecule has 3 nitrogen and oxygen atoms in total. The number of rotatable bonds is 3. The van der Waals surface area contributed by atoms with Gasteiger partial charge in [0.05, 0.1) is 11.6 Å². The lowest BCUT2D eigenvalue weighted by Gasteiger charge is -2.31. The molecule has 1 unspecified atom stereocenters. The smallest absolute Gasteiger partial charge is 0.242 e. The van der Waals surface area contributed by atoms with Gasteiger partial charge < -0.3 is 10.6 Å². The van der Waals surface area contributed by atoms with Crippen molar-refractivity contribution >= 4 is 5.91 Å². The van der Waals surface area contributed by atoms with Crippen LogP contribution in [0.2, 0.25) is 0 Å². The molecule has 0 radical (unpaired) electrons. The first-order valence-corrected chi connectivity index (χ1v) is 5.65. The molecule has 0 heterocycles. The summed E-state index contributed by atoms with van der Waals surface area (Å²) in [6, 6.07) is 3.21. The summed E-state index contributed by atoms with van der Waals surface area (Å²) in [6.45, 7) is 4.93. The Hall–Kier alpha value is -1.49. The van der Waals surface area contributed by atoms with E-state index in [0.717, 1.165) is 12.1 Å². The number of halogens is 2. The van der Waals surface area contributed by atoms with Crippen LogP contribution in [0.4, 0.5) is 8.78 Å². The Morgan fingerprint density at radius 1 is 1.33 bits per heavy atom. The molecular weight excluding hydrogens is 238 g/mol. The second-order valence-corrected chi connectivity index (χ2v) is 4.99. The molecule has 1 rings (SSSR count). The van der Waals surface area contributed by atoms with Crippen molar-refractivity contribution in [2.24, 2.45) is 5.73 Å². The van der Waals surface area contributed by atoms with E-state index in [2.05, 4.69) is 0 Å². The van der Waals surface area contributed by atoms with Crippen LogP contribution in [-0.4, -0.2) is 23.4 Å². The highest BCUT2D eigenvalue weighted by molar-refractivity contribution is 5.85. The molecule has 1 atom stereocenters. The second kappa shape index (κ2) is 5.02. The lowest BCUT2D eigenvalue weighted by Crippen LogP contribution is -2.50. The van der Waals surface area contributed by atoms with Crippen LogP contribution < -0.4 is 5.73 Å². The summed E-state index contributed by atoms with van der Waals surface area (Å²) in [6.07, 6.45) is 0. The molecular formula is C13H18F2N2O. The fraction of sp³-hybridized carbons (Fsp3) is 0.462. The summed E-state index contributed by atoms with van der Waals surface area (Å²) >= 11 is 0. The van der Waals surface area contributed by atoms with Crippen molar-refractivity contribution in [3.8, 4) is 0 Å². The molecule has 0 saturated heterocycles. The third-order valence-electron chi connectivity index (χ3n) is 2.88. The second-order valence-electron chi connectivity index (χ2n) is 4.99. The zero-order valence-corrected chi connectivity index (χ0v) is 11.0. The van der Waals surface area contributed by atoms with Gasteiger partial charge in [-0.15, -0.1) is 0 Å². The van der Waals surface area contributed by atoms with Gasteiger partial charge in [0, 0.05) is 7.05 Å². The number of amides is 1. The van der Waals surface area contributed by atoms with E-state index >= 15 is 0 Å².